The second kappa shape index (κ2) is 6.84. The number of benzene rings is 1. The summed E-state index contributed by atoms with van der Waals surface area (Å²) in [4.78, 5) is 31.9. The van der Waals surface area contributed by atoms with Gasteiger partial charge in [-0.1, -0.05) is 0 Å². The molecule has 3 rings (SSSR count). The predicted octanol–water partition coefficient (Wildman–Crippen LogP) is 1.59. The Hall–Kier alpha value is -2.41. The third-order valence-corrected chi connectivity index (χ3v) is 4.73. The van der Waals surface area contributed by atoms with Gasteiger partial charge in [-0.15, -0.1) is 0 Å². The van der Waals surface area contributed by atoms with Crippen LogP contribution < -0.4 is 5.32 Å². The van der Waals surface area contributed by atoms with Crippen molar-refractivity contribution in [3.05, 3.63) is 35.8 Å². The molecule has 25 heavy (non-hydrogen) atoms. The van der Waals surface area contributed by atoms with Crippen LogP contribution in [0.25, 0.3) is 10.9 Å². The fourth-order valence-electron chi connectivity index (χ4n) is 3.39. The molecule has 1 aliphatic rings. The van der Waals surface area contributed by atoms with Crippen LogP contribution in [-0.4, -0.2) is 65.4 Å². The van der Waals surface area contributed by atoms with Crippen LogP contribution in [0.15, 0.2) is 24.3 Å². The molecular formula is C18H23FN4O2. The fourth-order valence-corrected chi connectivity index (χ4v) is 3.39. The molecule has 134 valence electrons. The lowest BCUT2D eigenvalue weighted by atomic mass is 10.1. The van der Waals surface area contributed by atoms with Crippen LogP contribution >= 0.6 is 0 Å². The summed E-state index contributed by atoms with van der Waals surface area (Å²) in [5, 5.41) is 3.34. The molecule has 2 amide bonds. The zero-order valence-corrected chi connectivity index (χ0v) is 14.7. The summed E-state index contributed by atoms with van der Waals surface area (Å²) in [5.74, 6) is -0.602. The van der Waals surface area contributed by atoms with Crippen molar-refractivity contribution >= 4 is 22.7 Å². The Morgan fingerprint density at radius 3 is 2.72 bits per heavy atom. The van der Waals surface area contributed by atoms with Crippen molar-refractivity contribution in [2.75, 3.05) is 26.7 Å². The van der Waals surface area contributed by atoms with Crippen LogP contribution in [0.2, 0.25) is 0 Å². The molecule has 6 nitrogen and oxygen atoms in total. The van der Waals surface area contributed by atoms with E-state index in [1.54, 1.807) is 24.1 Å². The Labute approximate surface area is 146 Å². The maximum Gasteiger partial charge on any atom is 0.270 e. The van der Waals surface area contributed by atoms with Crippen LogP contribution in [0.1, 0.15) is 24.3 Å². The van der Waals surface area contributed by atoms with Crippen molar-refractivity contribution in [2.24, 2.45) is 0 Å². The fraction of sp³-hybridized carbons (Fsp3) is 0.444. The molecule has 0 unspecified atom stereocenters. The van der Waals surface area contributed by atoms with Gasteiger partial charge in [0.2, 0.25) is 5.91 Å². The average Bonchev–Trinajstić information content (AvgIpc) is 3.02. The van der Waals surface area contributed by atoms with E-state index in [0.717, 1.165) is 0 Å². The number of nitrogens with zero attached hydrogens (tertiary/aromatic N) is 2. The minimum atomic E-state index is -0.371. The van der Waals surface area contributed by atoms with Crippen molar-refractivity contribution in [2.45, 2.75) is 25.9 Å². The number of aromatic amines is 1. The second-order valence-corrected chi connectivity index (χ2v) is 6.63. The lowest BCUT2D eigenvalue weighted by molar-refractivity contribution is -0.128. The van der Waals surface area contributed by atoms with Crippen LogP contribution in [0.4, 0.5) is 4.39 Å². The highest BCUT2D eigenvalue weighted by atomic mass is 19.1. The maximum atomic E-state index is 13.3. The molecule has 0 saturated carbocycles. The number of aromatic nitrogens is 1. The first-order chi connectivity index (χ1) is 11.9. The van der Waals surface area contributed by atoms with E-state index in [9.17, 15) is 14.0 Å². The third kappa shape index (κ3) is 3.37. The molecule has 0 spiro atoms. The third-order valence-electron chi connectivity index (χ3n) is 4.73. The molecule has 2 N–H and O–H groups in total. The number of fused-ring (bicyclic) bond motifs is 1. The van der Waals surface area contributed by atoms with E-state index in [2.05, 4.69) is 15.2 Å². The van der Waals surface area contributed by atoms with Crippen molar-refractivity contribution in [3.8, 4) is 0 Å². The zero-order chi connectivity index (χ0) is 18.1. The van der Waals surface area contributed by atoms with E-state index in [4.69, 9.17) is 0 Å². The van der Waals surface area contributed by atoms with Gasteiger partial charge in [0.1, 0.15) is 17.6 Å². The molecule has 1 aromatic heterocycles. The normalized spacial score (nSPS) is 18.8. The molecule has 1 aromatic carbocycles. The van der Waals surface area contributed by atoms with Gasteiger partial charge in [0.25, 0.3) is 5.91 Å². The number of likely N-dealkylation sites (N-methyl/N-ethyl adjacent to an activating group) is 1. The lowest BCUT2D eigenvalue weighted by Gasteiger charge is -2.42. The highest BCUT2D eigenvalue weighted by molar-refractivity contribution is 5.98. The smallest absolute Gasteiger partial charge is 0.270 e. The largest absolute Gasteiger partial charge is 0.358 e. The maximum absolute atomic E-state index is 13.3. The Morgan fingerprint density at radius 2 is 2.04 bits per heavy atom. The molecule has 7 heteroatoms. The highest BCUT2D eigenvalue weighted by Crippen LogP contribution is 2.20. The van der Waals surface area contributed by atoms with Gasteiger partial charge >= 0.3 is 0 Å². The van der Waals surface area contributed by atoms with E-state index in [1.165, 1.54) is 12.1 Å². The molecular weight excluding hydrogens is 323 g/mol. The molecule has 2 heterocycles. The van der Waals surface area contributed by atoms with E-state index in [0.29, 0.717) is 36.2 Å². The Morgan fingerprint density at radius 1 is 1.28 bits per heavy atom. The van der Waals surface area contributed by atoms with Gasteiger partial charge < -0.3 is 15.2 Å². The van der Waals surface area contributed by atoms with Gasteiger partial charge in [-0.25, -0.2) is 4.39 Å². The number of H-pyrrole nitrogens is 1. The van der Waals surface area contributed by atoms with Gasteiger partial charge in [0.15, 0.2) is 0 Å². The van der Waals surface area contributed by atoms with Crippen molar-refractivity contribution in [1.29, 1.82) is 0 Å². The molecule has 2 aromatic rings. The van der Waals surface area contributed by atoms with Gasteiger partial charge in [-0.05, 0) is 38.1 Å². The number of nitrogens with one attached hydrogen (secondary N) is 2. The van der Waals surface area contributed by atoms with E-state index in [-0.39, 0.29) is 29.7 Å². The van der Waals surface area contributed by atoms with Crippen molar-refractivity contribution in [1.82, 2.24) is 20.1 Å². The van der Waals surface area contributed by atoms with E-state index < -0.39 is 0 Å². The van der Waals surface area contributed by atoms with E-state index >= 15 is 0 Å². The van der Waals surface area contributed by atoms with Crippen LogP contribution in [-0.2, 0) is 4.79 Å². The summed E-state index contributed by atoms with van der Waals surface area (Å²) in [6.45, 7) is 5.60. The van der Waals surface area contributed by atoms with E-state index in [1.807, 2.05) is 13.8 Å². The molecule has 0 aliphatic carbocycles. The first-order valence-corrected chi connectivity index (χ1v) is 8.45. The summed E-state index contributed by atoms with van der Waals surface area (Å²) >= 11 is 0. The summed E-state index contributed by atoms with van der Waals surface area (Å²) in [7, 11) is 1.61. The first kappa shape index (κ1) is 17.4. The summed E-state index contributed by atoms with van der Waals surface area (Å²) in [6.07, 6.45) is 0. The minimum absolute atomic E-state index is 0.0927. The quantitative estimate of drug-likeness (QED) is 0.887. The SMILES string of the molecule is CNC(=O)[C@H]1CN(C(=O)c2cc3cc(F)ccc3[nH]2)CCN1C(C)C. The van der Waals surface area contributed by atoms with Crippen molar-refractivity contribution < 1.29 is 14.0 Å². The topological polar surface area (TPSA) is 68.4 Å². The number of hydrogen-bond acceptors (Lipinski definition) is 3. The molecule has 1 atom stereocenters. The molecule has 1 aliphatic heterocycles. The van der Waals surface area contributed by atoms with Gasteiger partial charge in [0.05, 0.1) is 0 Å². The van der Waals surface area contributed by atoms with Crippen LogP contribution in [0.3, 0.4) is 0 Å². The second-order valence-electron chi connectivity index (χ2n) is 6.63. The Balaban J connectivity index is 1.82. The van der Waals surface area contributed by atoms with Gasteiger partial charge in [-0.3, -0.25) is 14.5 Å². The summed E-state index contributed by atoms with van der Waals surface area (Å²) < 4.78 is 13.3. The Bertz CT molecular complexity index is 801. The number of carbonyl (C=O) groups is 2. The monoisotopic (exact) mass is 346 g/mol. The molecule has 0 radical (unpaired) electrons. The van der Waals surface area contributed by atoms with Crippen LogP contribution in [0.5, 0.6) is 0 Å². The molecule has 1 fully saturated rings. The minimum Gasteiger partial charge on any atom is -0.358 e. The molecule has 0 bridgehead atoms. The average molecular weight is 346 g/mol. The highest BCUT2D eigenvalue weighted by Gasteiger charge is 2.35. The summed E-state index contributed by atoms with van der Waals surface area (Å²) in [6, 6.07) is 5.87. The first-order valence-electron chi connectivity index (χ1n) is 8.45. The number of amides is 2. The lowest BCUT2D eigenvalue weighted by Crippen LogP contribution is -2.61. The number of piperazine rings is 1. The van der Waals surface area contributed by atoms with Gasteiger partial charge in [-0.2, -0.15) is 0 Å². The zero-order valence-electron chi connectivity index (χ0n) is 14.7. The Kier molecular flexibility index (Phi) is 4.76. The number of rotatable bonds is 3. The standard InChI is InChI=1S/C18H23FN4O2/c1-11(2)23-7-6-22(10-16(23)17(24)20-3)18(25)15-9-12-8-13(19)4-5-14(12)21-15/h4-5,8-9,11,16,21H,6-7,10H2,1-3H3,(H,20,24)/t16-/m1/s1. The summed E-state index contributed by atoms with van der Waals surface area (Å²) in [5.41, 5.74) is 1.13. The predicted molar refractivity (Wildman–Crippen MR) is 93.9 cm³/mol. The number of carbonyl (C=O) groups excluding carboxylic acids is 2. The van der Waals surface area contributed by atoms with Crippen LogP contribution in [0, 0.1) is 5.82 Å². The van der Waals surface area contributed by atoms with Crippen molar-refractivity contribution in [3.63, 3.8) is 0 Å². The number of hydrogen-bond donors (Lipinski definition) is 2. The molecule has 1 saturated heterocycles. The number of halogens is 1. The van der Waals surface area contributed by atoms with Gasteiger partial charge in [0, 0.05) is 43.6 Å².